The van der Waals surface area contributed by atoms with Crippen molar-refractivity contribution in [3.8, 4) is 6.07 Å². The molecule has 5 aliphatic rings. The molecule has 5 fully saturated rings. The molecule has 0 aromatic heterocycles. The summed E-state index contributed by atoms with van der Waals surface area (Å²) in [6.45, 7) is 13.7. The van der Waals surface area contributed by atoms with Crippen LogP contribution in [0.5, 0.6) is 0 Å². The molecule has 138 heavy (non-hydrogen) atoms. The average Bonchev–Trinajstić information content (AvgIpc) is 0.730. The molecule has 27 heteroatoms. The Morgan fingerprint density at radius 3 is 0.906 bits per heavy atom. The zero-order valence-electron chi connectivity index (χ0n) is 76.4. The summed E-state index contributed by atoms with van der Waals surface area (Å²) < 4.78 is 0. The number of carbonyl (C=O) groups excluding carboxylic acids is 15. The zero-order valence-corrected chi connectivity index (χ0v) is 76.4. The van der Waals surface area contributed by atoms with Crippen LogP contribution in [0.25, 0.3) is 4.85 Å². The molecule has 0 aliphatic carbocycles. The van der Waals surface area contributed by atoms with Crippen LogP contribution in [-0.2, 0) is 112 Å². The number of nitriles is 1. The normalized spacial score (nSPS) is 18.3. The minimum atomic E-state index is -1.53. The van der Waals surface area contributed by atoms with E-state index in [4.69, 9.17) is 11.8 Å². The summed E-state index contributed by atoms with van der Waals surface area (Å²) in [5.74, 6) is -5.26. The SMILES string of the molecule is CC1(Cc2ccccc2)C(=O)N(Cc2ccccc2)C(=O)N(Cc2ccccc2)C1=O.CC1(Cc2ccccc2)C(=O)N(Cc2ccccc2)C(=O)N(c2ccccc2)C1=O.CC1(Cc2ccccc2)C(=O)NC(=O)N(c2ccccc2)C1=O.CC1(c2ccccc2)C(=O)NC(=O)N(Cc2ccccc2)C1=O.[C-]#[N+]CCN1C(=O)N(CCC#N)C(=O)C(Cc2ccccc2)(Cc2ccccc2)C1=O. The van der Waals surface area contributed by atoms with Crippen LogP contribution in [-0.4, -0.2) is 138 Å². The van der Waals surface area contributed by atoms with Crippen LogP contribution in [0.2, 0.25) is 0 Å². The van der Waals surface area contributed by atoms with E-state index in [1.54, 1.807) is 107 Å². The van der Waals surface area contributed by atoms with Crippen molar-refractivity contribution in [2.75, 3.05) is 29.4 Å². The van der Waals surface area contributed by atoms with Gasteiger partial charge in [-0.05, 0) is 140 Å². The second kappa shape index (κ2) is 44.5. The van der Waals surface area contributed by atoms with E-state index in [0.29, 0.717) is 16.9 Å². The summed E-state index contributed by atoms with van der Waals surface area (Å²) in [6.07, 6.45) is 0.878. The molecule has 0 spiro atoms. The summed E-state index contributed by atoms with van der Waals surface area (Å²) in [7, 11) is 0. The third-order valence-corrected chi connectivity index (χ3v) is 24.6. The van der Waals surface area contributed by atoms with Crippen molar-refractivity contribution < 1.29 is 71.9 Å². The molecule has 12 aromatic carbocycles. The van der Waals surface area contributed by atoms with E-state index >= 15 is 0 Å². The van der Waals surface area contributed by atoms with Crippen LogP contribution in [0.4, 0.5) is 35.3 Å². The Balaban J connectivity index is 0.000000146. The van der Waals surface area contributed by atoms with E-state index < -0.39 is 116 Å². The van der Waals surface area contributed by atoms with Crippen LogP contribution < -0.4 is 20.4 Å². The number of hydrogen-bond acceptors (Lipinski definition) is 16. The van der Waals surface area contributed by atoms with E-state index in [1.807, 2.05) is 291 Å². The zero-order chi connectivity index (χ0) is 98.2. The number of nitrogens with one attached hydrogen (secondary N) is 2. The van der Waals surface area contributed by atoms with Gasteiger partial charge in [-0.15, -0.1) is 0 Å². The first-order valence-electron chi connectivity index (χ1n) is 44.7. The van der Waals surface area contributed by atoms with Gasteiger partial charge in [0.1, 0.15) is 28.2 Å². The summed E-state index contributed by atoms with van der Waals surface area (Å²) in [6, 6.07) is 108. The largest absolute Gasteiger partial charge is 0.338 e. The van der Waals surface area contributed by atoms with Crippen molar-refractivity contribution in [2.45, 2.75) is 97.8 Å². The number of barbiturate groups is 5. The van der Waals surface area contributed by atoms with E-state index in [1.165, 1.54) is 14.7 Å². The molecule has 694 valence electrons. The molecule has 0 radical (unpaired) electrons. The standard InChI is InChI=1S/C26H24N2O3.C25H22N2O3.C24H22N4O3.2C18H16N2O3/c1-26(17-20-11-5-2-6-12-20)23(29)27(18-21-13-7-3-8-14-21)25(31)28(24(26)30)19-22-15-9-4-10-16-22;1-25(17-19-11-5-2-6-12-19)22(28)26(18-20-13-7-3-8-14-20)24(30)27(23(25)29)21-15-9-4-10-16-21;1-26-14-16-28-22(30)24(17-19-9-4-2-5-10-19,18-20-11-6-3-7-12-20)21(29)27(23(28)31)15-8-13-25;1-18(14-10-6-3-7-11-14)15(21)19-17(23)20(16(18)22)12-13-8-4-2-5-9-13;1-18(12-13-8-4-2-5-9-13)15(21)19-17(23)20(16(18)22)14-10-6-3-7-11-14/h2-16H,17-19H2,1H3;2-16H,17-18H2,1H3;2-7,9-12H,8,14-18H2;2*2-11H,12H2,1H3,(H,19,21,23). The van der Waals surface area contributed by atoms with E-state index in [2.05, 4.69) is 15.5 Å². The second-order valence-corrected chi connectivity index (χ2v) is 34.4. The first-order valence-corrected chi connectivity index (χ1v) is 44.7. The molecule has 5 saturated heterocycles. The number of hydrogen-bond donors (Lipinski definition) is 2. The third-order valence-electron chi connectivity index (χ3n) is 24.6. The van der Waals surface area contributed by atoms with Crippen LogP contribution in [0, 0.1) is 39.6 Å². The molecular weight excluding hydrogens is 1740 g/mol. The highest BCUT2D eigenvalue weighted by Crippen LogP contribution is 2.42. The number of imide groups is 10. The van der Waals surface area contributed by atoms with Gasteiger partial charge in [0.15, 0.2) is 5.41 Å². The van der Waals surface area contributed by atoms with Crippen LogP contribution >= 0.6 is 0 Å². The molecule has 5 heterocycles. The molecule has 5 aliphatic heterocycles. The Labute approximate surface area is 799 Å². The Bertz CT molecular complexity index is 6380. The molecule has 0 bridgehead atoms. The molecule has 27 nitrogen and oxygen atoms in total. The second-order valence-electron chi connectivity index (χ2n) is 34.4. The lowest BCUT2D eigenvalue weighted by atomic mass is 9.73. The number of para-hydroxylation sites is 2. The first kappa shape index (κ1) is 98.2. The molecule has 3 unspecified atom stereocenters. The third kappa shape index (κ3) is 21.9. The van der Waals surface area contributed by atoms with Gasteiger partial charge in [0.25, 0.3) is 17.7 Å². The number of urea groups is 5. The lowest BCUT2D eigenvalue weighted by Crippen LogP contribution is -2.67. The number of benzene rings is 12. The quantitative estimate of drug-likeness (QED) is 0.0396. The minimum absolute atomic E-state index is 0.0327. The van der Waals surface area contributed by atoms with E-state index in [9.17, 15) is 71.9 Å². The summed E-state index contributed by atoms with van der Waals surface area (Å²) >= 11 is 0. The first-order chi connectivity index (χ1) is 66.6. The van der Waals surface area contributed by atoms with Crippen LogP contribution in [0.15, 0.2) is 364 Å². The van der Waals surface area contributed by atoms with Crippen molar-refractivity contribution in [1.82, 2.24) is 40.0 Å². The number of amides is 20. The van der Waals surface area contributed by atoms with Gasteiger partial charge in [0, 0.05) is 6.54 Å². The predicted molar refractivity (Wildman–Crippen MR) is 515 cm³/mol. The number of rotatable bonds is 25. The number of carbonyl (C=O) groups is 15. The lowest BCUT2D eigenvalue weighted by Gasteiger charge is -2.43. The van der Waals surface area contributed by atoms with Gasteiger partial charge in [0.05, 0.1) is 50.0 Å². The van der Waals surface area contributed by atoms with Gasteiger partial charge < -0.3 is 4.85 Å². The highest BCUT2D eigenvalue weighted by molar-refractivity contribution is 6.31. The Morgan fingerprint density at radius 2 is 0.551 bits per heavy atom. The van der Waals surface area contributed by atoms with Crippen molar-refractivity contribution >= 4 is 101 Å². The van der Waals surface area contributed by atoms with Crippen LogP contribution in [0.1, 0.15) is 89.8 Å². The summed E-state index contributed by atoms with van der Waals surface area (Å²) in [5.41, 5.74) is 1.93. The molecular formula is C111H100N12O15. The van der Waals surface area contributed by atoms with Crippen molar-refractivity contribution in [3.05, 3.63) is 431 Å². The number of anilines is 2. The summed E-state index contributed by atoms with van der Waals surface area (Å²) in [4.78, 5) is 208. The molecule has 12 aromatic rings. The monoisotopic (exact) mass is 1840 g/mol. The Morgan fingerprint density at radius 1 is 0.275 bits per heavy atom. The smallest absolute Gasteiger partial charge is 0.315 e. The van der Waals surface area contributed by atoms with Crippen molar-refractivity contribution in [3.63, 3.8) is 0 Å². The average molecular weight is 1840 g/mol. The maximum absolute atomic E-state index is 13.7. The minimum Gasteiger partial charge on any atom is -0.315 e. The highest BCUT2D eigenvalue weighted by atomic mass is 16.2. The van der Waals surface area contributed by atoms with Crippen molar-refractivity contribution in [1.29, 1.82) is 5.26 Å². The van der Waals surface area contributed by atoms with Gasteiger partial charge in [-0.2, -0.15) is 5.26 Å². The lowest BCUT2D eigenvalue weighted by molar-refractivity contribution is -0.160. The summed E-state index contributed by atoms with van der Waals surface area (Å²) in [5, 5.41) is 13.6. The predicted octanol–water partition coefficient (Wildman–Crippen LogP) is 16.7. The Hall–Kier alpha value is -17.3. The van der Waals surface area contributed by atoms with E-state index in [0.717, 1.165) is 74.6 Å². The maximum atomic E-state index is 13.7. The number of nitrogens with zero attached hydrogens (tertiary/aromatic N) is 10. The van der Waals surface area contributed by atoms with Crippen LogP contribution in [0.3, 0.4) is 0 Å². The highest BCUT2D eigenvalue weighted by Gasteiger charge is 2.60. The maximum Gasteiger partial charge on any atom is 0.338 e. The van der Waals surface area contributed by atoms with Crippen molar-refractivity contribution in [2.24, 2.45) is 21.7 Å². The fourth-order valence-corrected chi connectivity index (χ4v) is 17.0. The van der Waals surface area contributed by atoms with Gasteiger partial charge in [-0.25, -0.2) is 40.3 Å². The van der Waals surface area contributed by atoms with Gasteiger partial charge in [0.2, 0.25) is 47.9 Å². The molecule has 0 saturated carbocycles. The molecule has 17 rings (SSSR count). The van der Waals surface area contributed by atoms with Gasteiger partial charge in [-0.1, -0.05) is 340 Å². The fraction of sp³-hybridized carbons (Fsp3) is 0.198. The topological polar surface area (TPSA) is 334 Å². The van der Waals surface area contributed by atoms with E-state index in [-0.39, 0.29) is 84.3 Å². The fourth-order valence-electron chi connectivity index (χ4n) is 17.0. The molecule has 2 N–H and O–H groups in total. The Kier molecular flexibility index (Phi) is 31.6. The molecule has 3 atom stereocenters. The van der Waals surface area contributed by atoms with Gasteiger partial charge in [-0.3, -0.25) is 88.0 Å². The van der Waals surface area contributed by atoms with Gasteiger partial charge >= 0.3 is 30.2 Å². The molecule has 20 amide bonds.